The Morgan fingerprint density at radius 2 is 2.07 bits per heavy atom. The topological polar surface area (TPSA) is 75.0 Å². The Kier molecular flexibility index (Phi) is 7.15. The minimum absolute atomic E-state index is 0.0116. The molecule has 7 heteroatoms. The van der Waals surface area contributed by atoms with E-state index >= 15 is 0 Å². The van der Waals surface area contributed by atoms with Crippen molar-refractivity contribution in [2.75, 3.05) is 39.3 Å². The van der Waals surface area contributed by atoms with Crippen molar-refractivity contribution in [3.05, 3.63) is 24.2 Å². The normalized spacial score (nSPS) is 22.3. The third-order valence-electron chi connectivity index (χ3n) is 5.49. The number of carbonyl (C=O) groups excluding carboxylic acids is 2. The fraction of sp³-hybridized carbons (Fsp3) is 0.700. The summed E-state index contributed by atoms with van der Waals surface area (Å²) < 4.78 is 10.7. The SMILES string of the molecule is CCOC(=O)N1CCCC(C(=O)NCC(c2ccco2)N2CCCCC2)C1. The molecule has 3 rings (SSSR count). The van der Waals surface area contributed by atoms with Gasteiger partial charge < -0.3 is 19.4 Å². The van der Waals surface area contributed by atoms with E-state index in [4.69, 9.17) is 9.15 Å². The molecule has 2 amide bonds. The molecule has 7 nitrogen and oxygen atoms in total. The van der Waals surface area contributed by atoms with E-state index in [-0.39, 0.29) is 24.0 Å². The molecule has 0 aromatic carbocycles. The third-order valence-corrected chi connectivity index (χ3v) is 5.49. The Balaban J connectivity index is 1.56. The van der Waals surface area contributed by atoms with E-state index in [1.165, 1.54) is 19.3 Å². The van der Waals surface area contributed by atoms with Gasteiger partial charge in [0, 0.05) is 19.6 Å². The first-order chi connectivity index (χ1) is 13.2. The molecule has 0 spiro atoms. The molecular formula is C20H31N3O4. The standard InChI is InChI=1S/C20H31N3O4/c1-2-26-20(25)23-12-6-8-16(15-23)19(24)21-14-17(18-9-7-13-27-18)22-10-4-3-5-11-22/h7,9,13,16-17H,2-6,8,10-12,14-15H2,1H3,(H,21,24). The summed E-state index contributed by atoms with van der Waals surface area (Å²) in [5.74, 6) is 0.730. The maximum atomic E-state index is 12.7. The van der Waals surface area contributed by atoms with Crippen molar-refractivity contribution in [2.45, 2.75) is 45.1 Å². The smallest absolute Gasteiger partial charge is 0.409 e. The van der Waals surface area contributed by atoms with Crippen molar-refractivity contribution in [1.82, 2.24) is 15.1 Å². The van der Waals surface area contributed by atoms with Crippen LogP contribution in [0.1, 0.15) is 50.8 Å². The van der Waals surface area contributed by atoms with Crippen LogP contribution >= 0.6 is 0 Å². The Morgan fingerprint density at radius 3 is 2.78 bits per heavy atom. The Bertz CT molecular complexity index is 598. The van der Waals surface area contributed by atoms with Gasteiger partial charge in [0.15, 0.2) is 0 Å². The van der Waals surface area contributed by atoms with Gasteiger partial charge in [0.25, 0.3) is 0 Å². The maximum Gasteiger partial charge on any atom is 0.409 e. The molecule has 1 aromatic heterocycles. The highest BCUT2D eigenvalue weighted by atomic mass is 16.6. The van der Waals surface area contributed by atoms with Crippen molar-refractivity contribution in [3.8, 4) is 0 Å². The molecule has 2 aliphatic heterocycles. The van der Waals surface area contributed by atoms with Crippen LogP contribution < -0.4 is 5.32 Å². The quantitative estimate of drug-likeness (QED) is 0.825. The fourth-order valence-corrected chi connectivity index (χ4v) is 4.03. The fourth-order valence-electron chi connectivity index (χ4n) is 4.03. The Morgan fingerprint density at radius 1 is 1.26 bits per heavy atom. The summed E-state index contributed by atoms with van der Waals surface area (Å²) in [6, 6.07) is 3.94. The maximum absolute atomic E-state index is 12.7. The predicted octanol–water partition coefficient (Wildman–Crippen LogP) is 2.79. The molecule has 150 valence electrons. The van der Waals surface area contributed by atoms with Crippen molar-refractivity contribution in [1.29, 1.82) is 0 Å². The summed E-state index contributed by atoms with van der Waals surface area (Å²) >= 11 is 0. The molecule has 2 aliphatic rings. The van der Waals surface area contributed by atoms with Crippen molar-refractivity contribution < 1.29 is 18.7 Å². The number of rotatable bonds is 6. The van der Waals surface area contributed by atoms with Gasteiger partial charge in [-0.25, -0.2) is 4.79 Å². The molecule has 0 bridgehead atoms. The molecule has 1 aromatic rings. The Hall–Kier alpha value is -2.02. The molecule has 27 heavy (non-hydrogen) atoms. The highest BCUT2D eigenvalue weighted by Crippen LogP contribution is 2.25. The zero-order chi connectivity index (χ0) is 19.1. The minimum Gasteiger partial charge on any atom is -0.468 e. The van der Waals surface area contributed by atoms with Crippen molar-refractivity contribution >= 4 is 12.0 Å². The number of nitrogens with zero attached hydrogens (tertiary/aromatic N) is 2. The Labute approximate surface area is 161 Å². The molecule has 0 aliphatic carbocycles. The number of piperidine rings is 2. The summed E-state index contributed by atoms with van der Waals surface area (Å²) in [5, 5.41) is 3.11. The number of nitrogens with one attached hydrogen (secondary N) is 1. The van der Waals surface area contributed by atoms with Gasteiger partial charge in [0.2, 0.25) is 5.91 Å². The van der Waals surface area contributed by atoms with E-state index < -0.39 is 0 Å². The van der Waals surface area contributed by atoms with E-state index in [1.807, 2.05) is 12.1 Å². The van der Waals surface area contributed by atoms with Crippen LogP contribution in [0.25, 0.3) is 0 Å². The monoisotopic (exact) mass is 377 g/mol. The van der Waals surface area contributed by atoms with Gasteiger partial charge in [-0.15, -0.1) is 0 Å². The van der Waals surface area contributed by atoms with Crippen LogP contribution in [0.3, 0.4) is 0 Å². The summed E-state index contributed by atoms with van der Waals surface area (Å²) in [6.07, 6.45) is 6.62. The van der Waals surface area contributed by atoms with Gasteiger partial charge in [-0.3, -0.25) is 9.69 Å². The molecule has 2 fully saturated rings. The lowest BCUT2D eigenvalue weighted by Gasteiger charge is -2.34. The molecular weight excluding hydrogens is 346 g/mol. The number of carbonyl (C=O) groups is 2. The van der Waals surface area contributed by atoms with Crippen LogP contribution in [-0.2, 0) is 9.53 Å². The number of furan rings is 1. The first-order valence-electron chi connectivity index (χ1n) is 10.2. The highest BCUT2D eigenvalue weighted by Gasteiger charge is 2.30. The van der Waals surface area contributed by atoms with Crippen LogP contribution in [-0.4, -0.2) is 61.1 Å². The lowest BCUT2D eigenvalue weighted by Crippen LogP contribution is -2.47. The molecule has 1 N–H and O–H groups in total. The zero-order valence-electron chi connectivity index (χ0n) is 16.2. The van der Waals surface area contributed by atoms with E-state index in [0.29, 0.717) is 26.2 Å². The molecule has 0 radical (unpaired) electrons. The van der Waals surface area contributed by atoms with Crippen LogP contribution in [0.2, 0.25) is 0 Å². The van der Waals surface area contributed by atoms with Gasteiger partial charge in [0.05, 0.1) is 24.8 Å². The largest absolute Gasteiger partial charge is 0.468 e. The third kappa shape index (κ3) is 5.25. The van der Waals surface area contributed by atoms with Crippen LogP contribution in [0, 0.1) is 5.92 Å². The molecule has 2 unspecified atom stereocenters. The van der Waals surface area contributed by atoms with E-state index in [0.717, 1.165) is 31.7 Å². The summed E-state index contributed by atoms with van der Waals surface area (Å²) in [6.45, 7) is 5.82. The van der Waals surface area contributed by atoms with Crippen molar-refractivity contribution in [2.24, 2.45) is 5.92 Å². The minimum atomic E-state index is -0.322. The first-order valence-corrected chi connectivity index (χ1v) is 10.2. The van der Waals surface area contributed by atoms with Gasteiger partial charge in [-0.1, -0.05) is 6.42 Å². The summed E-state index contributed by atoms with van der Waals surface area (Å²) in [4.78, 5) is 28.7. The number of hydrogen-bond donors (Lipinski definition) is 1. The average molecular weight is 377 g/mol. The van der Waals surface area contributed by atoms with Gasteiger partial charge in [-0.05, 0) is 57.8 Å². The molecule has 3 heterocycles. The van der Waals surface area contributed by atoms with Crippen LogP contribution in [0.15, 0.2) is 22.8 Å². The highest BCUT2D eigenvalue weighted by molar-refractivity contribution is 5.80. The number of ether oxygens (including phenoxy) is 1. The summed E-state index contributed by atoms with van der Waals surface area (Å²) in [5.41, 5.74) is 0. The number of amides is 2. The predicted molar refractivity (Wildman–Crippen MR) is 101 cm³/mol. The van der Waals surface area contributed by atoms with Crippen LogP contribution in [0.5, 0.6) is 0 Å². The summed E-state index contributed by atoms with van der Waals surface area (Å²) in [7, 11) is 0. The number of likely N-dealkylation sites (tertiary alicyclic amines) is 2. The number of hydrogen-bond acceptors (Lipinski definition) is 5. The van der Waals surface area contributed by atoms with Gasteiger partial charge in [0.1, 0.15) is 5.76 Å². The average Bonchev–Trinajstić information content (AvgIpc) is 3.23. The zero-order valence-corrected chi connectivity index (χ0v) is 16.2. The van der Waals surface area contributed by atoms with E-state index in [9.17, 15) is 9.59 Å². The second-order valence-electron chi connectivity index (χ2n) is 7.36. The molecule has 2 saturated heterocycles. The lowest BCUT2D eigenvalue weighted by molar-refractivity contribution is -0.126. The van der Waals surface area contributed by atoms with Gasteiger partial charge >= 0.3 is 6.09 Å². The molecule has 2 atom stereocenters. The van der Waals surface area contributed by atoms with Crippen molar-refractivity contribution in [3.63, 3.8) is 0 Å². The van der Waals surface area contributed by atoms with Gasteiger partial charge in [-0.2, -0.15) is 0 Å². The van der Waals surface area contributed by atoms with E-state index in [2.05, 4.69) is 10.2 Å². The molecule has 0 saturated carbocycles. The van der Waals surface area contributed by atoms with E-state index in [1.54, 1.807) is 18.1 Å². The van der Waals surface area contributed by atoms with Crippen LogP contribution in [0.4, 0.5) is 4.79 Å². The second kappa shape index (κ2) is 9.78. The second-order valence-corrected chi connectivity index (χ2v) is 7.36. The first kappa shape index (κ1) is 19.7. The lowest BCUT2D eigenvalue weighted by atomic mass is 9.97.